The molecular formula is C11H18O. The zero-order valence-electron chi connectivity index (χ0n) is 7.99. The van der Waals surface area contributed by atoms with Crippen molar-refractivity contribution in [3.05, 3.63) is 36.4 Å². The molecule has 0 saturated heterocycles. The second-order valence-electron chi connectivity index (χ2n) is 2.50. The lowest BCUT2D eigenvalue weighted by atomic mass is 10.4. The van der Waals surface area contributed by atoms with Crippen LogP contribution in [0.1, 0.15) is 19.8 Å². The summed E-state index contributed by atoms with van der Waals surface area (Å²) in [6.07, 6.45) is 2.42. The first-order chi connectivity index (χ1) is 5.91. The number of hydrogen-bond acceptors (Lipinski definition) is 1. The molecule has 0 atom stereocenters. The highest BCUT2D eigenvalue weighted by molar-refractivity contribution is 4.99. The number of unbranched alkanes of at least 4 members (excludes halogenated alkanes) is 1. The summed E-state index contributed by atoms with van der Waals surface area (Å²) in [6.45, 7) is 3.07. The average molecular weight is 166 g/mol. The van der Waals surface area contributed by atoms with Crippen LogP contribution in [0.5, 0.6) is 0 Å². The Hall–Kier alpha value is -0.820. The minimum atomic E-state index is 0.913. The maximum absolute atomic E-state index is 4.78. The van der Waals surface area contributed by atoms with Crippen molar-refractivity contribution in [3.63, 3.8) is 0 Å². The second-order valence-corrected chi connectivity index (χ2v) is 2.50. The lowest BCUT2D eigenvalue weighted by molar-refractivity contribution is 0.194. The van der Waals surface area contributed by atoms with Gasteiger partial charge in [0, 0.05) is 13.7 Å². The smallest absolute Gasteiger partial charge is 0.0462 e. The van der Waals surface area contributed by atoms with Crippen LogP contribution in [0.4, 0.5) is 0 Å². The molecule has 0 aliphatic rings. The maximum atomic E-state index is 4.78. The molecular weight excluding hydrogens is 148 g/mol. The van der Waals surface area contributed by atoms with Gasteiger partial charge in [-0.3, -0.25) is 0 Å². The van der Waals surface area contributed by atoms with E-state index < -0.39 is 0 Å². The molecule has 1 aromatic rings. The fourth-order valence-corrected chi connectivity index (χ4v) is 0.674. The summed E-state index contributed by atoms with van der Waals surface area (Å²) in [5.74, 6) is 0. The van der Waals surface area contributed by atoms with Crippen LogP contribution in [0, 0.1) is 0 Å². The fourth-order valence-electron chi connectivity index (χ4n) is 0.674. The Balaban J connectivity index is 0.000000202. The SMILES string of the molecule is CCCCOC.c1ccccc1. The molecule has 0 fully saturated rings. The van der Waals surface area contributed by atoms with Crippen molar-refractivity contribution >= 4 is 0 Å². The molecule has 0 amide bonds. The number of benzene rings is 1. The van der Waals surface area contributed by atoms with Crippen molar-refractivity contribution in [1.29, 1.82) is 0 Å². The quantitative estimate of drug-likeness (QED) is 0.627. The van der Waals surface area contributed by atoms with Gasteiger partial charge in [0.2, 0.25) is 0 Å². The average Bonchev–Trinajstić information content (AvgIpc) is 2.18. The van der Waals surface area contributed by atoms with Crippen LogP contribution in [0.2, 0.25) is 0 Å². The first-order valence-corrected chi connectivity index (χ1v) is 4.40. The standard InChI is InChI=1S/C6H6.C5H12O/c1-2-4-6-5-3-1;1-3-4-5-6-2/h1-6H;3-5H2,1-2H3. The molecule has 0 radical (unpaired) electrons. The zero-order chi connectivity index (χ0) is 9.07. The molecule has 0 N–H and O–H groups in total. The topological polar surface area (TPSA) is 9.23 Å². The predicted molar refractivity (Wildman–Crippen MR) is 53.2 cm³/mol. The lowest BCUT2D eigenvalue weighted by Crippen LogP contribution is -1.84. The highest BCUT2D eigenvalue weighted by Gasteiger charge is 1.74. The van der Waals surface area contributed by atoms with E-state index in [4.69, 9.17) is 4.74 Å². The summed E-state index contributed by atoms with van der Waals surface area (Å²) in [5, 5.41) is 0. The maximum Gasteiger partial charge on any atom is 0.0462 e. The normalized spacial score (nSPS) is 8.50. The van der Waals surface area contributed by atoms with Crippen molar-refractivity contribution in [1.82, 2.24) is 0 Å². The van der Waals surface area contributed by atoms with Gasteiger partial charge in [-0.2, -0.15) is 0 Å². The summed E-state index contributed by atoms with van der Waals surface area (Å²) >= 11 is 0. The Morgan fingerprint density at radius 1 is 0.917 bits per heavy atom. The summed E-state index contributed by atoms with van der Waals surface area (Å²) in [5.41, 5.74) is 0. The first kappa shape index (κ1) is 11.2. The third kappa shape index (κ3) is 9.18. The van der Waals surface area contributed by atoms with Gasteiger partial charge in [0.05, 0.1) is 0 Å². The van der Waals surface area contributed by atoms with Crippen LogP contribution >= 0.6 is 0 Å². The number of hydrogen-bond donors (Lipinski definition) is 0. The molecule has 0 unspecified atom stereocenters. The highest BCUT2D eigenvalue weighted by Crippen LogP contribution is 1.83. The van der Waals surface area contributed by atoms with Gasteiger partial charge in [-0.05, 0) is 6.42 Å². The van der Waals surface area contributed by atoms with E-state index in [1.807, 2.05) is 36.4 Å². The molecule has 68 valence electrons. The number of rotatable bonds is 3. The number of ether oxygens (including phenoxy) is 1. The van der Waals surface area contributed by atoms with E-state index in [-0.39, 0.29) is 0 Å². The summed E-state index contributed by atoms with van der Waals surface area (Å²) < 4.78 is 4.78. The molecule has 12 heavy (non-hydrogen) atoms. The monoisotopic (exact) mass is 166 g/mol. The molecule has 0 spiro atoms. The van der Waals surface area contributed by atoms with Crippen molar-refractivity contribution in [2.45, 2.75) is 19.8 Å². The first-order valence-electron chi connectivity index (χ1n) is 4.40. The molecule has 0 aliphatic carbocycles. The summed E-state index contributed by atoms with van der Waals surface area (Å²) in [7, 11) is 1.73. The van der Waals surface area contributed by atoms with Gasteiger partial charge in [-0.25, -0.2) is 0 Å². The molecule has 0 aromatic heterocycles. The number of methoxy groups -OCH3 is 1. The van der Waals surface area contributed by atoms with E-state index in [1.54, 1.807) is 7.11 Å². The van der Waals surface area contributed by atoms with Crippen molar-refractivity contribution in [2.75, 3.05) is 13.7 Å². The fraction of sp³-hybridized carbons (Fsp3) is 0.455. The van der Waals surface area contributed by atoms with Crippen LogP contribution in [-0.4, -0.2) is 13.7 Å². The Labute approximate surface area is 75.4 Å². The Morgan fingerprint density at radius 2 is 1.33 bits per heavy atom. The third-order valence-corrected chi connectivity index (χ3v) is 1.37. The molecule has 1 aromatic carbocycles. The van der Waals surface area contributed by atoms with Crippen LogP contribution < -0.4 is 0 Å². The van der Waals surface area contributed by atoms with Gasteiger partial charge < -0.3 is 4.74 Å². The van der Waals surface area contributed by atoms with E-state index in [9.17, 15) is 0 Å². The Kier molecular flexibility index (Phi) is 9.48. The van der Waals surface area contributed by atoms with Crippen molar-refractivity contribution < 1.29 is 4.74 Å². The molecule has 0 heterocycles. The van der Waals surface area contributed by atoms with E-state index in [2.05, 4.69) is 6.92 Å². The van der Waals surface area contributed by atoms with Crippen LogP contribution in [0.25, 0.3) is 0 Å². The molecule has 0 saturated carbocycles. The summed E-state index contributed by atoms with van der Waals surface area (Å²) in [6, 6.07) is 12.0. The Morgan fingerprint density at radius 3 is 1.50 bits per heavy atom. The predicted octanol–water partition coefficient (Wildman–Crippen LogP) is 3.12. The van der Waals surface area contributed by atoms with Crippen molar-refractivity contribution in [2.24, 2.45) is 0 Å². The largest absolute Gasteiger partial charge is 0.385 e. The van der Waals surface area contributed by atoms with Crippen LogP contribution in [0.15, 0.2) is 36.4 Å². The molecule has 0 bridgehead atoms. The van der Waals surface area contributed by atoms with Crippen LogP contribution in [0.3, 0.4) is 0 Å². The van der Waals surface area contributed by atoms with Gasteiger partial charge in [-0.1, -0.05) is 49.7 Å². The van der Waals surface area contributed by atoms with E-state index in [0.29, 0.717) is 0 Å². The van der Waals surface area contributed by atoms with E-state index >= 15 is 0 Å². The van der Waals surface area contributed by atoms with E-state index in [0.717, 1.165) is 6.61 Å². The van der Waals surface area contributed by atoms with Gasteiger partial charge >= 0.3 is 0 Å². The molecule has 1 nitrogen and oxygen atoms in total. The minimum absolute atomic E-state index is 0.913. The van der Waals surface area contributed by atoms with Crippen molar-refractivity contribution in [3.8, 4) is 0 Å². The van der Waals surface area contributed by atoms with Gasteiger partial charge in [-0.15, -0.1) is 0 Å². The Bertz CT molecular complexity index is 118. The van der Waals surface area contributed by atoms with Crippen LogP contribution in [-0.2, 0) is 4.74 Å². The second kappa shape index (κ2) is 10.2. The minimum Gasteiger partial charge on any atom is -0.385 e. The van der Waals surface area contributed by atoms with Gasteiger partial charge in [0.15, 0.2) is 0 Å². The van der Waals surface area contributed by atoms with Gasteiger partial charge in [0.1, 0.15) is 0 Å². The lowest BCUT2D eigenvalue weighted by Gasteiger charge is -1.89. The zero-order valence-corrected chi connectivity index (χ0v) is 7.99. The van der Waals surface area contributed by atoms with E-state index in [1.165, 1.54) is 12.8 Å². The third-order valence-electron chi connectivity index (χ3n) is 1.37. The molecule has 1 rings (SSSR count). The van der Waals surface area contributed by atoms with Gasteiger partial charge in [0.25, 0.3) is 0 Å². The highest BCUT2D eigenvalue weighted by atomic mass is 16.5. The molecule has 0 aliphatic heterocycles. The summed E-state index contributed by atoms with van der Waals surface area (Å²) in [4.78, 5) is 0. The molecule has 1 heteroatoms.